The molecular formula is C13H20FN. The highest BCUT2D eigenvalue weighted by Gasteiger charge is 2.24. The van der Waals surface area contributed by atoms with Crippen LogP contribution in [0.3, 0.4) is 0 Å². The minimum absolute atomic E-state index is 0.0874. The Balaban J connectivity index is 3.14. The minimum atomic E-state index is -0.485. The fourth-order valence-electron chi connectivity index (χ4n) is 1.34. The van der Waals surface area contributed by atoms with Gasteiger partial charge in [-0.2, -0.15) is 0 Å². The molecule has 0 atom stereocenters. The van der Waals surface area contributed by atoms with Crippen LogP contribution in [0.15, 0.2) is 18.3 Å². The van der Waals surface area contributed by atoms with Gasteiger partial charge in [-0.15, -0.1) is 0 Å². The van der Waals surface area contributed by atoms with Crippen molar-refractivity contribution in [2.45, 2.75) is 45.4 Å². The molecule has 0 bridgehead atoms. The fraction of sp³-hybridized carbons (Fsp3) is 0.615. The van der Waals surface area contributed by atoms with E-state index in [1.54, 1.807) is 6.20 Å². The number of rotatable bonds is 2. The van der Waals surface area contributed by atoms with E-state index in [4.69, 9.17) is 0 Å². The van der Waals surface area contributed by atoms with Gasteiger partial charge >= 0.3 is 0 Å². The van der Waals surface area contributed by atoms with E-state index in [2.05, 4.69) is 25.8 Å². The summed E-state index contributed by atoms with van der Waals surface area (Å²) in [4.78, 5) is 4.26. The molecule has 15 heavy (non-hydrogen) atoms. The van der Waals surface area contributed by atoms with Gasteiger partial charge in [0, 0.05) is 17.3 Å². The second-order valence-corrected chi connectivity index (χ2v) is 5.70. The predicted molar refractivity (Wildman–Crippen MR) is 61.9 cm³/mol. The number of hydrogen-bond donors (Lipinski definition) is 0. The molecule has 0 aliphatic rings. The Morgan fingerprint density at radius 2 is 1.80 bits per heavy atom. The molecule has 0 radical (unpaired) electrons. The van der Waals surface area contributed by atoms with Crippen LogP contribution in [0.25, 0.3) is 0 Å². The van der Waals surface area contributed by atoms with E-state index >= 15 is 0 Å². The van der Waals surface area contributed by atoms with Gasteiger partial charge < -0.3 is 0 Å². The zero-order chi connectivity index (χ0) is 11.7. The zero-order valence-electron chi connectivity index (χ0n) is 10.3. The Kier molecular flexibility index (Phi) is 3.17. The van der Waals surface area contributed by atoms with Gasteiger partial charge in [0.2, 0.25) is 0 Å². The van der Waals surface area contributed by atoms with Gasteiger partial charge in [0.05, 0.1) is 0 Å². The second-order valence-electron chi connectivity index (χ2n) is 5.70. The number of nitrogens with zero attached hydrogens (tertiary/aromatic N) is 1. The van der Waals surface area contributed by atoms with Crippen LogP contribution >= 0.6 is 0 Å². The van der Waals surface area contributed by atoms with E-state index in [0.717, 1.165) is 5.69 Å². The SMILES string of the molecule is CC(C)(C)c1ccnc(C(C)(C)CF)c1. The Bertz CT molecular complexity index is 337. The predicted octanol–water partition coefficient (Wildman–Crippen LogP) is 3.63. The van der Waals surface area contributed by atoms with E-state index in [-0.39, 0.29) is 12.1 Å². The molecule has 0 fully saturated rings. The van der Waals surface area contributed by atoms with Crippen LogP contribution in [0.4, 0.5) is 4.39 Å². The lowest BCUT2D eigenvalue weighted by Gasteiger charge is -2.24. The molecule has 2 heteroatoms. The first kappa shape index (κ1) is 12.2. The van der Waals surface area contributed by atoms with Crippen molar-refractivity contribution in [1.29, 1.82) is 0 Å². The average molecular weight is 209 g/mol. The van der Waals surface area contributed by atoms with Crippen molar-refractivity contribution in [3.63, 3.8) is 0 Å². The maximum Gasteiger partial charge on any atom is 0.100 e. The molecule has 0 spiro atoms. The van der Waals surface area contributed by atoms with E-state index in [0.29, 0.717) is 0 Å². The third-order valence-corrected chi connectivity index (χ3v) is 2.65. The van der Waals surface area contributed by atoms with Crippen LogP contribution in [-0.2, 0) is 10.8 Å². The quantitative estimate of drug-likeness (QED) is 0.725. The Morgan fingerprint density at radius 3 is 2.27 bits per heavy atom. The van der Waals surface area contributed by atoms with Gasteiger partial charge in [-0.25, -0.2) is 0 Å². The van der Waals surface area contributed by atoms with Crippen LogP contribution in [-0.4, -0.2) is 11.7 Å². The molecule has 0 aliphatic heterocycles. The maximum absolute atomic E-state index is 12.8. The fourth-order valence-corrected chi connectivity index (χ4v) is 1.34. The lowest BCUT2D eigenvalue weighted by Crippen LogP contribution is -2.22. The van der Waals surface area contributed by atoms with Crippen molar-refractivity contribution >= 4 is 0 Å². The van der Waals surface area contributed by atoms with E-state index in [1.165, 1.54) is 5.56 Å². The number of pyridine rings is 1. The van der Waals surface area contributed by atoms with Crippen LogP contribution in [0.2, 0.25) is 0 Å². The highest BCUT2D eigenvalue weighted by atomic mass is 19.1. The standard InChI is InChI=1S/C13H20FN/c1-12(2,3)10-6-7-15-11(8-10)13(4,5)9-14/h6-8H,9H2,1-5H3. The molecule has 1 nitrogen and oxygen atoms in total. The van der Waals surface area contributed by atoms with Gasteiger partial charge in [0.25, 0.3) is 0 Å². The first-order valence-corrected chi connectivity index (χ1v) is 5.30. The minimum Gasteiger partial charge on any atom is -0.261 e. The highest BCUT2D eigenvalue weighted by Crippen LogP contribution is 2.27. The smallest absolute Gasteiger partial charge is 0.100 e. The molecule has 1 aromatic rings. The topological polar surface area (TPSA) is 12.9 Å². The van der Waals surface area contributed by atoms with Gasteiger partial charge in [-0.05, 0) is 23.1 Å². The van der Waals surface area contributed by atoms with Crippen molar-refractivity contribution in [2.24, 2.45) is 0 Å². The van der Waals surface area contributed by atoms with Crippen molar-refractivity contribution in [3.8, 4) is 0 Å². The zero-order valence-corrected chi connectivity index (χ0v) is 10.3. The summed E-state index contributed by atoms with van der Waals surface area (Å²) < 4.78 is 12.8. The molecule has 1 rings (SSSR count). The lowest BCUT2D eigenvalue weighted by atomic mass is 9.83. The first-order chi connectivity index (χ1) is 6.77. The summed E-state index contributed by atoms with van der Waals surface area (Å²) in [6.45, 7) is 9.81. The second kappa shape index (κ2) is 3.92. The molecular weight excluding hydrogens is 189 g/mol. The molecule has 0 unspecified atom stereocenters. The summed E-state index contributed by atoms with van der Waals surface area (Å²) in [6, 6.07) is 4.01. The summed E-state index contributed by atoms with van der Waals surface area (Å²) in [7, 11) is 0. The van der Waals surface area contributed by atoms with Crippen molar-refractivity contribution < 1.29 is 4.39 Å². The van der Waals surface area contributed by atoms with Gasteiger partial charge in [-0.3, -0.25) is 9.37 Å². The molecule has 0 aromatic carbocycles. The van der Waals surface area contributed by atoms with Crippen molar-refractivity contribution in [3.05, 3.63) is 29.6 Å². The largest absolute Gasteiger partial charge is 0.261 e. The van der Waals surface area contributed by atoms with Crippen molar-refractivity contribution in [1.82, 2.24) is 4.98 Å². The third-order valence-electron chi connectivity index (χ3n) is 2.65. The normalized spacial score (nSPS) is 12.9. The number of alkyl halides is 1. The summed E-state index contributed by atoms with van der Waals surface area (Å²) in [6.07, 6.45) is 1.77. The Morgan fingerprint density at radius 1 is 1.20 bits per heavy atom. The number of aromatic nitrogens is 1. The average Bonchev–Trinajstić information content (AvgIpc) is 2.17. The van der Waals surface area contributed by atoms with Gasteiger partial charge in [0.15, 0.2) is 0 Å². The maximum atomic E-state index is 12.8. The lowest BCUT2D eigenvalue weighted by molar-refractivity contribution is 0.343. The van der Waals surface area contributed by atoms with Gasteiger partial charge in [-0.1, -0.05) is 34.6 Å². The van der Waals surface area contributed by atoms with Gasteiger partial charge in [0.1, 0.15) is 6.67 Å². The summed E-state index contributed by atoms with van der Waals surface area (Å²) in [5.41, 5.74) is 1.64. The molecule has 0 saturated carbocycles. The molecule has 1 aromatic heterocycles. The van der Waals surface area contributed by atoms with E-state index in [9.17, 15) is 4.39 Å². The van der Waals surface area contributed by atoms with Crippen LogP contribution < -0.4 is 0 Å². The summed E-state index contributed by atoms with van der Waals surface area (Å²) >= 11 is 0. The van der Waals surface area contributed by atoms with E-state index < -0.39 is 5.41 Å². The molecule has 1 heterocycles. The molecule has 84 valence electrons. The molecule has 0 amide bonds. The van der Waals surface area contributed by atoms with E-state index in [1.807, 2.05) is 26.0 Å². The number of hydrogen-bond acceptors (Lipinski definition) is 1. The molecule has 0 saturated heterocycles. The summed E-state index contributed by atoms with van der Waals surface area (Å²) in [5, 5.41) is 0. The Labute approximate surface area is 91.7 Å². The van der Waals surface area contributed by atoms with Crippen LogP contribution in [0, 0.1) is 0 Å². The van der Waals surface area contributed by atoms with Crippen LogP contribution in [0.5, 0.6) is 0 Å². The number of halogens is 1. The molecule has 0 aliphatic carbocycles. The third kappa shape index (κ3) is 2.77. The monoisotopic (exact) mass is 209 g/mol. The first-order valence-electron chi connectivity index (χ1n) is 5.30. The Hall–Kier alpha value is -0.920. The summed E-state index contributed by atoms with van der Waals surface area (Å²) in [5.74, 6) is 0. The van der Waals surface area contributed by atoms with Crippen LogP contribution in [0.1, 0.15) is 45.9 Å². The molecule has 0 N–H and O–H groups in total. The highest BCUT2D eigenvalue weighted by molar-refractivity contribution is 5.27. The van der Waals surface area contributed by atoms with Crippen molar-refractivity contribution in [2.75, 3.05) is 6.67 Å².